The number of aromatic nitrogens is 1. The number of nitrogens with zero attached hydrogens (tertiary/aromatic N) is 2. The van der Waals surface area contributed by atoms with E-state index in [2.05, 4.69) is 16.4 Å². The normalized spacial score (nSPS) is 12.8. The SMILES string of the molecule is N#Cc1c(NC(=O)c2cc(Cl)ccn2)sc2c1CCC2. The fraction of sp³-hybridized carbons (Fsp3) is 0.214. The van der Waals surface area contributed by atoms with Crippen LogP contribution in [-0.4, -0.2) is 10.9 Å². The summed E-state index contributed by atoms with van der Waals surface area (Å²) in [4.78, 5) is 17.3. The molecule has 0 saturated heterocycles. The van der Waals surface area contributed by atoms with Crippen molar-refractivity contribution in [2.75, 3.05) is 5.32 Å². The Kier molecular flexibility index (Phi) is 3.43. The van der Waals surface area contributed by atoms with E-state index >= 15 is 0 Å². The summed E-state index contributed by atoms with van der Waals surface area (Å²) >= 11 is 7.33. The van der Waals surface area contributed by atoms with Crippen LogP contribution in [0.15, 0.2) is 18.3 Å². The average Bonchev–Trinajstić information content (AvgIpc) is 2.98. The van der Waals surface area contributed by atoms with Gasteiger partial charge in [0.05, 0.1) is 5.56 Å². The van der Waals surface area contributed by atoms with Crippen molar-refractivity contribution in [3.05, 3.63) is 45.1 Å². The highest BCUT2D eigenvalue weighted by Crippen LogP contribution is 2.38. The number of aryl methyl sites for hydroxylation is 1. The summed E-state index contributed by atoms with van der Waals surface area (Å²) in [7, 11) is 0. The van der Waals surface area contributed by atoms with Crippen molar-refractivity contribution in [1.29, 1.82) is 5.26 Å². The number of hydrogen-bond acceptors (Lipinski definition) is 4. The number of hydrogen-bond donors (Lipinski definition) is 1. The van der Waals surface area contributed by atoms with Crippen LogP contribution in [-0.2, 0) is 12.8 Å². The lowest BCUT2D eigenvalue weighted by molar-refractivity contribution is 0.102. The van der Waals surface area contributed by atoms with E-state index in [0.717, 1.165) is 24.8 Å². The van der Waals surface area contributed by atoms with Crippen LogP contribution >= 0.6 is 22.9 Å². The zero-order chi connectivity index (χ0) is 14.1. The van der Waals surface area contributed by atoms with Gasteiger partial charge >= 0.3 is 0 Å². The molecule has 2 heterocycles. The van der Waals surface area contributed by atoms with Gasteiger partial charge in [-0.3, -0.25) is 9.78 Å². The number of nitriles is 1. The summed E-state index contributed by atoms with van der Waals surface area (Å²) in [5.74, 6) is -0.344. The second-order valence-electron chi connectivity index (χ2n) is 4.49. The van der Waals surface area contributed by atoms with Crippen LogP contribution in [0.3, 0.4) is 0 Å². The second kappa shape index (κ2) is 5.23. The maximum atomic E-state index is 12.1. The predicted octanol–water partition coefficient (Wildman–Crippen LogP) is 3.41. The molecule has 100 valence electrons. The molecule has 1 aliphatic rings. The molecule has 6 heteroatoms. The number of pyridine rings is 1. The highest BCUT2D eigenvalue weighted by Gasteiger charge is 2.23. The van der Waals surface area contributed by atoms with E-state index in [1.54, 1.807) is 6.07 Å². The first-order valence-electron chi connectivity index (χ1n) is 6.16. The lowest BCUT2D eigenvalue weighted by Gasteiger charge is -2.03. The molecule has 20 heavy (non-hydrogen) atoms. The molecule has 0 aliphatic heterocycles. The third-order valence-corrected chi connectivity index (χ3v) is 4.66. The molecule has 1 amide bonds. The molecule has 0 fully saturated rings. The van der Waals surface area contributed by atoms with E-state index in [1.807, 2.05) is 0 Å². The fourth-order valence-electron chi connectivity index (χ4n) is 2.31. The van der Waals surface area contributed by atoms with Gasteiger partial charge in [-0.15, -0.1) is 11.3 Å². The van der Waals surface area contributed by atoms with Gasteiger partial charge in [-0.25, -0.2) is 0 Å². The first kappa shape index (κ1) is 13.1. The summed E-state index contributed by atoms with van der Waals surface area (Å²) in [6.07, 6.45) is 4.47. The van der Waals surface area contributed by atoms with E-state index < -0.39 is 0 Å². The molecule has 0 unspecified atom stereocenters. The molecule has 2 aromatic rings. The van der Waals surface area contributed by atoms with Gasteiger partial charge in [0.1, 0.15) is 16.8 Å². The lowest BCUT2D eigenvalue weighted by Crippen LogP contribution is -2.13. The Balaban J connectivity index is 1.89. The maximum Gasteiger partial charge on any atom is 0.274 e. The Morgan fingerprint density at radius 3 is 3.10 bits per heavy atom. The predicted molar refractivity (Wildman–Crippen MR) is 78.3 cm³/mol. The molecule has 0 bridgehead atoms. The van der Waals surface area contributed by atoms with Crippen LogP contribution in [0.5, 0.6) is 0 Å². The third kappa shape index (κ3) is 2.28. The van der Waals surface area contributed by atoms with Gasteiger partial charge in [0.15, 0.2) is 0 Å². The molecule has 0 aromatic carbocycles. The molecule has 3 rings (SSSR count). The highest BCUT2D eigenvalue weighted by molar-refractivity contribution is 7.16. The van der Waals surface area contributed by atoms with Gasteiger partial charge in [-0.05, 0) is 37.0 Å². The summed E-state index contributed by atoms with van der Waals surface area (Å²) in [5, 5.41) is 13.1. The standard InChI is InChI=1S/C14H10ClN3OS/c15-8-4-5-17-11(6-8)13(19)18-14-10(7-16)9-2-1-3-12(9)20-14/h4-6H,1-3H2,(H,18,19). The van der Waals surface area contributed by atoms with E-state index in [4.69, 9.17) is 11.6 Å². The largest absolute Gasteiger partial charge is 0.311 e. The molecule has 4 nitrogen and oxygen atoms in total. The minimum absolute atomic E-state index is 0.245. The number of anilines is 1. The lowest BCUT2D eigenvalue weighted by atomic mass is 10.1. The number of amides is 1. The second-order valence-corrected chi connectivity index (χ2v) is 6.03. The number of thiophene rings is 1. The van der Waals surface area contributed by atoms with Crippen LogP contribution < -0.4 is 5.32 Å². The Morgan fingerprint density at radius 1 is 1.50 bits per heavy atom. The van der Waals surface area contributed by atoms with Crippen molar-refractivity contribution >= 4 is 33.8 Å². The third-order valence-electron chi connectivity index (χ3n) is 3.21. The van der Waals surface area contributed by atoms with E-state index in [1.165, 1.54) is 28.5 Å². The van der Waals surface area contributed by atoms with Crippen LogP contribution in [0.25, 0.3) is 0 Å². The van der Waals surface area contributed by atoms with Crippen LogP contribution in [0.4, 0.5) is 5.00 Å². The Bertz CT molecular complexity index is 733. The molecule has 0 atom stereocenters. The molecule has 2 aromatic heterocycles. The summed E-state index contributed by atoms with van der Waals surface area (Å²) in [6, 6.07) is 5.31. The number of carbonyl (C=O) groups excluding carboxylic acids is 1. The maximum absolute atomic E-state index is 12.1. The average molecular weight is 304 g/mol. The quantitative estimate of drug-likeness (QED) is 0.924. The summed E-state index contributed by atoms with van der Waals surface area (Å²) in [6.45, 7) is 0. The number of nitrogens with one attached hydrogen (secondary N) is 1. The zero-order valence-corrected chi connectivity index (χ0v) is 12.0. The van der Waals surface area contributed by atoms with Crippen molar-refractivity contribution < 1.29 is 4.79 Å². The van der Waals surface area contributed by atoms with E-state index in [0.29, 0.717) is 15.6 Å². The molecule has 0 spiro atoms. The van der Waals surface area contributed by atoms with Crippen molar-refractivity contribution in [2.45, 2.75) is 19.3 Å². The number of fused-ring (bicyclic) bond motifs is 1. The first-order valence-corrected chi connectivity index (χ1v) is 7.36. The van der Waals surface area contributed by atoms with Gasteiger partial charge in [0.2, 0.25) is 0 Å². The van der Waals surface area contributed by atoms with Crippen molar-refractivity contribution in [3.63, 3.8) is 0 Å². The highest BCUT2D eigenvalue weighted by atomic mass is 35.5. The molecular weight excluding hydrogens is 294 g/mol. The van der Waals surface area contributed by atoms with Crippen molar-refractivity contribution in [3.8, 4) is 6.07 Å². The molecule has 0 radical (unpaired) electrons. The fourth-order valence-corrected chi connectivity index (χ4v) is 3.70. The summed E-state index contributed by atoms with van der Waals surface area (Å²) < 4.78 is 0. The topological polar surface area (TPSA) is 65.8 Å². The number of rotatable bonds is 2. The van der Waals surface area contributed by atoms with Gasteiger partial charge in [0, 0.05) is 16.1 Å². The monoisotopic (exact) mass is 303 g/mol. The van der Waals surface area contributed by atoms with Crippen LogP contribution in [0.1, 0.15) is 32.9 Å². The van der Waals surface area contributed by atoms with Crippen molar-refractivity contribution in [2.24, 2.45) is 0 Å². The molecule has 1 aliphatic carbocycles. The zero-order valence-electron chi connectivity index (χ0n) is 10.4. The Morgan fingerprint density at radius 2 is 2.35 bits per heavy atom. The molecule has 0 saturated carbocycles. The minimum Gasteiger partial charge on any atom is -0.311 e. The van der Waals surface area contributed by atoms with Crippen LogP contribution in [0, 0.1) is 11.3 Å². The van der Waals surface area contributed by atoms with Gasteiger partial charge in [-0.1, -0.05) is 11.6 Å². The molecule has 1 N–H and O–H groups in total. The Hall–Kier alpha value is -1.90. The van der Waals surface area contributed by atoms with Crippen molar-refractivity contribution in [1.82, 2.24) is 4.98 Å². The summed E-state index contributed by atoms with van der Waals surface area (Å²) in [5.41, 5.74) is 1.93. The van der Waals surface area contributed by atoms with Gasteiger partial charge in [-0.2, -0.15) is 5.26 Å². The Labute approximate surface area is 125 Å². The number of halogens is 1. The van der Waals surface area contributed by atoms with E-state index in [9.17, 15) is 10.1 Å². The smallest absolute Gasteiger partial charge is 0.274 e. The molecular formula is C14H10ClN3OS. The van der Waals surface area contributed by atoms with Gasteiger partial charge < -0.3 is 5.32 Å². The van der Waals surface area contributed by atoms with Crippen LogP contribution in [0.2, 0.25) is 5.02 Å². The number of carbonyl (C=O) groups is 1. The van der Waals surface area contributed by atoms with Gasteiger partial charge in [0.25, 0.3) is 5.91 Å². The first-order chi connectivity index (χ1) is 9.69. The minimum atomic E-state index is -0.344. The van der Waals surface area contributed by atoms with E-state index in [-0.39, 0.29) is 11.6 Å².